The van der Waals surface area contributed by atoms with Gasteiger partial charge in [0, 0.05) is 28.6 Å². The van der Waals surface area contributed by atoms with Crippen LogP contribution in [0.25, 0.3) is 0 Å². The summed E-state index contributed by atoms with van der Waals surface area (Å²) in [7, 11) is -5.84. The Hall–Kier alpha value is -0.891. The van der Waals surface area contributed by atoms with Gasteiger partial charge in [0.1, 0.15) is 0 Å². The van der Waals surface area contributed by atoms with E-state index in [9.17, 15) is 18.0 Å². The fourth-order valence-electron chi connectivity index (χ4n) is 2.14. The zero-order valence-electron chi connectivity index (χ0n) is 12.6. The van der Waals surface area contributed by atoms with Crippen LogP contribution in [0.15, 0.2) is 24.3 Å². The summed E-state index contributed by atoms with van der Waals surface area (Å²) in [6.07, 6.45) is 0.915. The molecular formula is C14H17CuF3O4S. The average molecular weight is 402 g/mol. The van der Waals surface area contributed by atoms with Gasteiger partial charge in [-0.05, 0) is 17.4 Å². The van der Waals surface area contributed by atoms with Gasteiger partial charge in [0.15, 0.2) is 5.78 Å². The van der Waals surface area contributed by atoms with Crippen molar-refractivity contribution in [1.29, 1.82) is 0 Å². The first-order valence-electron chi connectivity index (χ1n) is 6.41. The van der Waals surface area contributed by atoms with Crippen LogP contribution in [0, 0.1) is 11.3 Å². The molecule has 1 radical (unpaired) electrons. The molecule has 0 aliphatic heterocycles. The van der Waals surface area contributed by atoms with Crippen molar-refractivity contribution >= 4 is 15.9 Å². The molecular weight excluding hydrogens is 385 g/mol. The number of hydrogen-bond acceptors (Lipinski definition) is 3. The Balaban J connectivity index is 0.000000469. The van der Waals surface area contributed by atoms with E-state index in [0.717, 1.165) is 12.0 Å². The average Bonchev–Trinajstić information content (AvgIpc) is 2.65. The van der Waals surface area contributed by atoms with Crippen molar-refractivity contribution in [3.8, 4) is 0 Å². The van der Waals surface area contributed by atoms with Gasteiger partial charge in [0.05, 0.1) is 0 Å². The van der Waals surface area contributed by atoms with Gasteiger partial charge >= 0.3 is 15.6 Å². The minimum atomic E-state index is -5.84. The summed E-state index contributed by atoms with van der Waals surface area (Å²) in [6, 6.07) is 7.97. The van der Waals surface area contributed by atoms with E-state index in [0.29, 0.717) is 5.78 Å². The maximum atomic E-state index is 12.0. The number of benzene rings is 1. The predicted octanol–water partition coefficient (Wildman–Crippen LogP) is 3.48. The van der Waals surface area contributed by atoms with Gasteiger partial charge in [0.25, 0.3) is 0 Å². The van der Waals surface area contributed by atoms with Crippen LogP contribution in [0.3, 0.4) is 0 Å². The smallest absolute Gasteiger partial charge is 0.294 e. The Morgan fingerprint density at radius 1 is 1.13 bits per heavy atom. The van der Waals surface area contributed by atoms with E-state index in [1.807, 2.05) is 18.2 Å². The number of fused-ring (bicyclic) bond motifs is 1. The molecule has 1 aliphatic rings. The van der Waals surface area contributed by atoms with Gasteiger partial charge < -0.3 is 0 Å². The number of alkyl halides is 3. The van der Waals surface area contributed by atoms with Gasteiger partial charge in [-0.25, -0.2) is 0 Å². The molecule has 23 heavy (non-hydrogen) atoms. The predicted molar refractivity (Wildman–Crippen MR) is 75.0 cm³/mol. The Labute approximate surface area is 143 Å². The number of halogens is 3. The van der Waals surface area contributed by atoms with Crippen molar-refractivity contribution in [2.45, 2.75) is 32.7 Å². The maximum Gasteiger partial charge on any atom is 0.522 e. The molecule has 1 aromatic carbocycles. The van der Waals surface area contributed by atoms with Crippen LogP contribution in [-0.2, 0) is 33.6 Å². The second kappa shape index (κ2) is 7.34. The molecule has 0 amide bonds. The SMILES string of the molecule is CC(C)(C)C1Cc2ccccc2C1=O.O=S(=O)(O)C(F)(F)F.[Cu]. The number of rotatable bonds is 0. The molecule has 1 aliphatic carbocycles. The number of Topliss-reactive ketones (excluding diaryl/α,β-unsaturated/α-hetero) is 1. The fourth-order valence-corrected chi connectivity index (χ4v) is 2.14. The van der Waals surface area contributed by atoms with E-state index < -0.39 is 15.6 Å². The molecule has 0 spiro atoms. The molecule has 0 fully saturated rings. The van der Waals surface area contributed by atoms with Crippen molar-refractivity contribution in [2.24, 2.45) is 11.3 Å². The molecule has 0 bridgehead atoms. The molecule has 4 nitrogen and oxygen atoms in total. The third kappa shape index (κ3) is 5.60. The first-order valence-corrected chi connectivity index (χ1v) is 7.85. The summed E-state index contributed by atoms with van der Waals surface area (Å²) >= 11 is 0. The molecule has 1 unspecified atom stereocenters. The second-order valence-corrected chi connectivity index (χ2v) is 7.48. The van der Waals surface area contributed by atoms with Crippen LogP contribution in [0.4, 0.5) is 13.2 Å². The van der Waals surface area contributed by atoms with Gasteiger partial charge in [-0.3, -0.25) is 9.35 Å². The van der Waals surface area contributed by atoms with E-state index in [1.54, 1.807) is 0 Å². The Kier molecular flexibility index (Phi) is 7.05. The monoisotopic (exact) mass is 401 g/mol. The second-order valence-electron chi connectivity index (χ2n) is 6.06. The van der Waals surface area contributed by atoms with Gasteiger partial charge in [0.2, 0.25) is 0 Å². The zero-order chi connectivity index (χ0) is 17.3. The van der Waals surface area contributed by atoms with Crippen molar-refractivity contribution in [3.63, 3.8) is 0 Å². The van der Waals surface area contributed by atoms with Gasteiger partial charge in [-0.1, -0.05) is 45.0 Å². The topological polar surface area (TPSA) is 71.4 Å². The molecule has 135 valence electrons. The fraction of sp³-hybridized carbons (Fsp3) is 0.500. The van der Waals surface area contributed by atoms with Gasteiger partial charge in [-0.2, -0.15) is 21.6 Å². The van der Waals surface area contributed by atoms with Crippen molar-refractivity contribution in [1.82, 2.24) is 0 Å². The third-order valence-electron chi connectivity index (χ3n) is 3.36. The normalized spacial score (nSPS) is 17.7. The zero-order valence-corrected chi connectivity index (χ0v) is 14.4. The third-order valence-corrected chi connectivity index (χ3v) is 3.95. The van der Waals surface area contributed by atoms with Crippen molar-refractivity contribution in [2.75, 3.05) is 0 Å². The molecule has 9 heteroatoms. The summed E-state index contributed by atoms with van der Waals surface area (Å²) in [5.41, 5.74) is -3.30. The molecule has 2 rings (SSSR count). The van der Waals surface area contributed by atoms with Crippen LogP contribution >= 0.6 is 0 Å². The standard InChI is InChI=1S/C13H16O.CHF3O3S.Cu/c1-13(2,3)11-8-9-6-4-5-7-10(9)12(11)14;2-1(3,4)8(5,6)7;/h4-7,11H,8H2,1-3H3;(H,5,6,7);. The summed E-state index contributed by atoms with van der Waals surface area (Å²) < 4.78 is 57.5. The first-order chi connectivity index (χ1) is 9.75. The Bertz CT molecular complexity index is 663. The van der Waals surface area contributed by atoms with Crippen LogP contribution in [0.2, 0.25) is 0 Å². The van der Waals surface area contributed by atoms with Crippen LogP contribution in [-0.4, -0.2) is 24.3 Å². The Morgan fingerprint density at radius 3 is 1.91 bits per heavy atom. The van der Waals surface area contributed by atoms with Crippen LogP contribution < -0.4 is 0 Å². The molecule has 1 atom stereocenters. The van der Waals surface area contributed by atoms with Crippen LogP contribution in [0.5, 0.6) is 0 Å². The minimum absolute atomic E-state index is 0. The number of ketones is 1. The number of hydrogen-bond donors (Lipinski definition) is 1. The Morgan fingerprint density at radius 2 is 1.57 bits per heavy atom. The van der Waals surface area contributed by atoms with E-state index >= 15 is 0 Å². The molecule has 1 aromatic rings. The first kappa shape index (κ1) is 22.1. The summed E-state index contributed by atoms with van der Waals surface area (Å²) in [6.45, 7) is 6.42. The number of carbonyl (C=O) groups excluding carboxylic acids is 1. The van der Waals surface area contributed by atoms with Crippen molar-refractivity contribution < 1.29 is 48.0 Å². The van der Waals surface area contributed by atoms with E-state index in [-0.39, 0.29) is 28.4 Å². The summed E-state index contributed by atoms with van der Waals surface area (Å²) in [4.78, 5) is 12.0. The molecule has 1 N–H and O–H groups in total. The molecule has 0 aromatic heterocycles. The summed E-state index contributed by atoms with van der Waals surface area (Å²) in [5.74, 6) is 0.494. The van der Waals surface area contributed by atoms with E-state index in [1.165, 1.54) is 5.56 Å². The molecule has 0 saturated carbocycles. The number of carbonyl (C=O) groups is 1. The van der Waals surface area contributed by atoms with Crippen LogP contribution in [0.1, 0.15) is 36.7 Å². The van der Waals surface area contributed by atoms with E-state index in [2.05, 4.69) is 26.8 Å². The van der Waals surface area contributed by atoms with Crippen molar-refractivity contribution in [3.05, 3.63) is 35.4 Å². The van der Waals surface area contributed by atoms with E-state index in [4.69, 9.17) is 13.0 Å². The quantitative estimate of drug-likeness (QED) is 0.410. The molecule has 0 saturated heterocycles. The maximum absolute atomic E-state index is 12.0. The summed E-state index contributed by atoms with van der Waals surface area (Å²) in [5, 5.41) is 0. The largest absolute Gasteiger partial charge is 0.522 e. The van der Waals surface area contributed by atoms with Gasteiger partial charge in [-0.15, -0.1) is 0 Å². The minimum Gasteiger partial charge on any atom is -0.294 e. The molecule has 0 heterocycles.